The summed E-state index contributed by atoms with van der Waals surface area (Å²) in [6.45, 7) is 0. The van der Waals surface area contributed by atoms with Gasteiger partial charge in [-0.3, -0.25) is 18.7 Å². The number of hydrogen-bond donors (Lipinski definition) is 1. The van der Waals surface area contributed by atoms with Gasteiger partial charge >= 0.3 is 11.7 Å². The molecule has 9 heteroatoms. The zero-order valence-electron chi connectivity index (χ0n) is 19.1. The normalized spacial score (nSPS) is 18.5. The molecule has 1 aromatic carbocycles. The van der Waals surface area contributed by atoms with Gasteiger partial charge in [0.1, 0.15) is 11.6 Å². The second kappa shape index (κ2) is 8.52. The number of carbonyl (C=O) groups is 1. The van der Waals surface area contributed by atoms with Gasteiger partial charge in [-0.05, 0) is 74.6 Å². The summed E-state index contributed by atoms with van der Waals surface area (Å²) in [5.74, 6) is 5.61. The molecular formula is C26H25FN4O4. The molecule has 180 valence electrons. The lowest BCUT2D eigenvalue weighted by Gasteiger charge is -2.31. The Balaban J connectivity index is 1.26. The molecule has 3 aromatic rings. The van der Waals surface area contributed by atoms with Crippen LogP contribution in [0, 0.1) is 29.5 Å². The SMILES string of the molecule is O=C(Oc1ccc(F)cc1)C(CC#Cc1nc2c([nH]1)c(=O)n(C1CC1)c(=O)n2C1CC1)C1CCC1. The number of carbonyl (C=O) groups excluding carboxylic acids is 1. The van der Waals surface area contributed by atoms with Gasteiger partial charge in [0.2, 0.25) is 0 Å². The number of aromatic nitrogens is 4. The summed E-state index contributed by atoms with van der Waals surface area (Å²) in [7, 11) is 0. The Bertz CT molecular complexity index is 1480. The van der Waals surface area contributed by atoms with Gasteiger partial charge in [-0.1, -0.05) is 12.3 Å². The van der Waals surface area contributed by atoms with E-state index in [4.69, 9.17) is 4.74 Å². The minimum Gasteiger partial charge on any atom is -0.426 e. The molecule has 8 nitrogen and oxygen atoms in total. The van der Waals surface area contributed by atoms with Gasteiger partial charge in [-0.25, -0.2) is 14.2 Å². The Labute approximate surface area is 200 Å². The van der Waals surface area contributed by atoms with Crippen LogP contribution >= 0.6 is 0 Å². The van der Waals surface area contributed by atoms with Crippen LogP contribution in [-0.2, 0) is 4.79 Å². The lowest BCUT2D eigenvalue weighted by Crippen LogP contribution is -2.39. The first-order valence-electron chi connectivity index (χ1n) is 12.2. The number of nitrogens with zero attached hydrogens (tertiary/aromatic N) is 3. The van der Waals surface area contributed by atoms with Crippen molar-refractivity contribution in [2.75, 3.05) is 0 Å². The molecule has 0 bridgehead atoms. The van der Waals surface area contributed by atoms with E-state index in [1.807, 2.05) is 0 Å². The highest BCUT2D eigenvalue weighted by molar-refractivity contribution is 5.76. The first-order valence-corrected chi connectivity index (χ1v) is 12.2. The maximum Gasteiger partial charge on any atom is 0.333 e. The first-order chi connectivity index (χ1) is 17.0. The molecule has 0 radical (unpaired) electrons. The quantitative estimate of drug-likeness (QED) is 0.334. The molecule has 1 unspecified atom stereocenters. The van der Waals surface area contributed by atoms with Gasteiger partial charge in [-0.15, -0.1) is 0 Å². The van der Waals surface area contributed by atoms with Crippen LogP contribution < -0.4 is 16.0 Å². The summed E-state index contributed by atoms with van der Waals surface area (Å²) in [5.41, 5.74) is 0.0289. The molecule has 1 atom stereocenters. The number of hydrogen-bond acceptors (Lipinski definition) is 5. The van der Waals surface area contributed by atoms with Crippen molar-refractivity contribution >= 4 is 17.1 Å². The second-order valence-corrected chi connectivity index (χ2v) is 9.75. The van der Waals surface area contributed by atoms with E-state index < -0.39 is 11.7 Å². The number of ether oxygens (including phenoxy) is 1. The molecule has 3 fully saturated rings. The van der Waals surface area contributed by atoms with Gasteiger partial charge < -0.3 is 9.72 Å². The van der Waals surface area contributed by atoms with E-state index in [1.165, 1.54) is 28.8 Å². The van der Waals surface area contributed by atoms with E-state index in [0.29, 0.717) is 22.7 Å². The Morgan fingerprint density at radius 2 is 1.77 bits per heavy atom. The molecule has 0 amide bonds. The van der Waals surface area contributed by atoms with Crippen LogP contribution in [0.4, 0.5) is 4.39 Å². The summed E-state index contributed by atoms with van der Waals surface area (Å²) in [5, 5.41) is 0. The highest BCUT2D eigenvalue weighted by Crippen LogP contribution is 2.37. The minimum absolute atomic E-state index is 0.0300. The maximum absolute atomic E-state index is 13.2. The average molecular weight is 477 g/mol. The van der Waals surface area contributed by atoms with Gasteiger partial charge in [-0.2, -0.15) is 0 Å². The largest absolute Gasteiger partial charge is 0.426 e. The first kappa shape index (κ1) is 21.8. The number of imidazole rings is 1. The molecular weight excluding hydrogens is 451 g/mol. The molecule has 0 aliphatic heterocycles. The fraction of sp³-hybridized carbons (Fsp3) is 0.462. The highest BCUT2D eigenvalue weighted by atomic mass is 19.1. The molecule has 3 aliphatic carbocycles. The lowest BCUT2D eigenvalue weighted by atomic mass is 9.74. The van der Waals surface area contributed by atoms with Crippen molar-refractivity contribution in [3.63, 3.8) is 0 Å². The van der Waals surface area contributed by atoms with Crippen LogP contribution in [0.25, 0.3) is 11.2 Å². The van der Waals surface area contributed by atoms with Crippen LogP contribution in [0.15, 0.2) is 33.9 Å². The van der Waals surface area contributed by atoms with Gasteiger partial charge in [0.05, 0.1) is 5.92 Å². The predicted octanol–water partition coefficient (Wildman–Crippen LogP) is 3.46. The number of nitrogens with one attached hydrogen (secondary N) is 1. The third-order valence-corrected chi connectivity index (χ3v) is 7.16. The van der Waals surface area contributed by atoms with E-state index >= 15 is 0 Å². The molecule has 2 aromatic heterocycles. The van der Waals surface area contributed by atoms with E-state index in [1.54, 1.807) is 4.57 Å². The molecule has 3 aliphatic rings. The smallest absolute Gasteiger partial charge is 0.333 e. The minimum atomic E-state index is -0.401. The summed E-state index contributed by atoms with van der Waals surface area (Å²) >= 11 is 0. The van der Waals surface area contributed by atoms with Gasteiger partial charge in [0.25, 0.3) is 5.56 Å². The summed E-state index contributed by atoms with van der Waals surface area (Å²) in [4.78, 5) is 46.3. The Hall–Kier alpha value is -3.67. The average Bonchev–Trinajstić information content (AvgIpc) is 3.73. The molecule has 6 rings (SSSR count). The van der Waals surface area contributed by atoms with E-state index in [9.17, 15) is 18.8 Å². The standard InChI is InChI=1S/C26H25FN4O4/c27-16-7-13-19(14-8-16)35-25(33)20(15-3-1-4-15)5-2-6-21-28-22-23(29-21)30(17-9-10-17)26(34)31(24(22)32)18-11-12-18/h7-8,13-15,17-18,20H,1,3-5,9-12H2,(H,28,29). The monoisotopic (exact) mass is 476 g/mol. The Kier molecular flexibility index (Phi) is 5.32. The van der Waals surface area contributed by atoms with Crippen LogP contribution in [0.5, 0.6) is 5.75 Å². The van der Waals surface area contributed by atoms with Crippen molar-refractivity contribution in [3.05, 3.63) is 56.7 Å². The van der Waals surface area contributed by atoms with E-state index in [-0.39, 0.29) is 41.6 Å². The number of aromatic amines is 1. The van der Waals surface area contributed by atoms with Crippen molar-refractivity contribution < 1.29 is 13.9 Å². The van der Waals surface area contributed by atoms with Crippen LogP contribution in [0.1, 0.15) is 69.3 Å². The molecule has 3 saturated carbocycles. The van der Waals surface area contributed by atoms with Crippen molar-refractivity contribution in [1.29, 1.82) is 0 Å². The third kappa shape index (κ3) is 4.18. The van der Waals surface area contributed by atoms with E-state index in [0.717, 1.165) is 44.9 Å². The number of benzene rings is 1. The van der Waals surface area contributed by atoms with Gasteiger partial charge in [0.15, 0.2) is 17.0 Å². The Morgan fingerprint density at radius 1 is 1.09 bits per heavy atom. The summed E-state index contributed by atoms with van der Waals surface area (Å²) in [6, 6.07) is 5.40. The zero-order valence-corrected chi connectivity index (χ0v) is 19.1. The van der Waals surface area contributed by atoms with Crippen LogP contribution in [0.2, 0.25) is 0 Å². The van der Waals surface area contributed by atoms with Crippen molar-refractivity contribution in [2.24, 2.45) is 11.8 Å². The number of H-pyrrole nitrogens is 1. The lowest BCUT2D eigenvalue weighted by molar-refractivity contribution is -0.141. The molecule has 35 heavy (non-hydrogen) atoms. The fourth-order valence-electron chi connectivity index (χ4n) is 4.70. The van der Waals surface area contributed by atoms with Crippen LogP contribution in [-0.4, -0.2) is 25.1 Å². The zero-order chi connectivity index (χ0) is 24.1. The number of rotatable bonds is 6. The molecule has 0 spiro atoms. The topological polar surface area (TPSA) is 99.0 Å². The molecule has 2 heterocycles. The highest BCUT2D eigenvalue weighted by Gasteiger charge is 2.35. The van der Waals surface area contributed by atoms with Crippen molar-refractivity contribution in [1.82, 2.24) is 19.1 Å². The second-order valence-electron chi connectivity index (χ2n) is 9.75. The predicted molar refractivity (Wildman–Crippen MR) is 126 cm³/mol. The fourth-order valence-corrected chi connectivity index (χ4v) is 4.70. The number of fused-ring (bicyclic) bond motifs is 1. The summed E-state index contributed by atoms with van der Waals surface area (Å²) in [6.07, 6.45) is 6.67. The number of halogens is 1. The van der Waals surface area contributed by atoms with Crippen LogP contribution in [0.3, 0.4) is 0 Å². The van der Waals surface area contributed by atoms with Gasteiger partial charge in [0, 0.05) is 18.5 Å². The van der Waals surface area contributed by atoms with E-state index in [2.05, 4.69) is 21.8 Å². The van der Waals surface area contributed by atoms with Crippen molar-refractivity contribution in [2.45, 2.75) is 63.5 Å². The third-order valence-electron chi connectivity index (χ3n) is 7.16. The number of esters is 1. The van der Waals surface area contributed by atoms with Crippen molar-refractivity contribution in [3.8, 4) is 17.6 Å². The maximum atomic E-state index is 13.2. The summed E-state index contributed by atoms with van der Waals surface area (Å²) < 4.78 is 21.6. The molecule has 0 saturated heterocycles. The Morgan fingerprint density at radius 3 is 2.40 bits per heavy atom. The molecule has 1 N–H and O–H groups in total.